The number of aromatic amines is 1. The highest BCUT2D eigenvalue weighted by molar-refractivity contribution is 7.53. The molecular weight excluding hydrogens is 449 g/mol. The number of aryl methyl sites for hydroxylation is 1. The van der Waals surface area contributed by atoms with Crippen LogP contribution in [0.2, 0.25) is 0 Å². The quantitative estimate of drug-likeness (QED) is 0.279. The molecule has 1 aromatic carbocycles. The summed E-state index contributed by atoms with van der Waals surface area (Å²) in [5, 5.41) is 0. The van der Waals surface area contributed by atoms with Crippen LogP contribution in [-0.2, 0) is 36.3 Å². The summed E-state index contributed by atoms with van der Waals surface area (Å²) in [6.07, 6.45) is 1.75. The molecular formula is C21H28N5O6P. The van der Waals surface area contributed by atoms with Gasteiger partial charge in [-0.3, -0.25) is 19.1 Å². The molecule has 0 aliphatic heterocycles. The van der Waals surface area contributed by atoms with Gasteiger partial charge in [0.15, 0.2) is 16.9 Å². The minimum atomic E-state index is -3.56. The predicted octanol–water partition coefficient (Wildman–Crippen LogP) is 2.43. The van der Waals surface area contributed by atoms with Crippen molar-refractivity contribution in [2.24, 2.45) is 0 Å². The molecule has 12 heteroatoms. The Balaban J connectivity index is 1.54. The summed E-state index contributed by atoms with van der Waals surface area (Å²) in [4.78, 5) is 34.0. The molecule has 0 aliphatic carbocycles. The van der Waals surface area contributed by atoms with Gasteiger partial charge in [-0.1, -0.05) is 36.8 Å². The van der Waals surface area contributed by atoms with Gasteiger partial charge in [0.2, 0.25) is 5.95 Å². The number of nitrogens with zero attached hydrogens (tertiary/aromatic N) is 3. The maximum Gasteiger partial charge on any atom is 0.333 e. The Hall–Kier alpha value is -2.85. The molecule has 11 nitrogen and oxygen atoms in total. The monoisotopic (exact) mass is 477 g/mol. The van der Waals surface area contributed by atoms with Gasteiger partial charge in [0, 0.05) is 13.0 Å². The number of nitrogens with two attached hydrogens (primary N) is 1. The first-order valence-corrected chi connectivity index (χ1v) is 12.3. The first-order valence-electron chi connectivity index (χ1n) is 10.5. The van der Waals surface area contributed by atoms with E-state index in [9.17, 15) is 14.2 Å². The van der Waals surface area contributed by atoms with Gasteiger partial charge in [0.05, 0.1) is 32.3 Å². The van der Waals surface area contributed by atoms with Crippen molar-refractivity contribution >= 4 is 30.5 Å². The third kappa shape index (κ3) is 7.06. The molecule has 2 aromatic heterocycles. The number of H-pyrrole nitrogens is 1. The van der Waals surface area contributed by atoms with Crippen LogP contribution in [0.25, 0.3) is 11.2 Å². The molecule has 178 valence electrons. The number of anilines is 1. The third-order valence-electron chi connectivity index (χ3n) is 4.84. The number of hydrogen-bond donors (Lipinski definition) is 2. The minimum absolute atomic E-state index is 0.000562. The molecule has 0 spiro atoms. The average molecular weight is 477 g/mol. The highest BCUT2D eigenvalue weighted by Gasteiger charge is 2.26. The largest absolute Gasteiger partial charge is 0.379 e. The van der Waals surface area contributed by atoms with Crippen molar-refractivity contribution in [3.8, 4) is 0 Å². The number of ketones is 1. The lowest BCUT2D eigenvalue weighted by molar-refractivity contribution is -0.121. The van der Waals surface area contributed by atoms with Gasteiger partial charge in [0.25, 0.3) is 5.56 Å². The van der Waals surface area contributed by atoms with E-state index in [1.165, 1.54) is 6.33 Å². The second kappa shape index (κ2) is 11.3. The summed E-state index contributed by atoms with van der Waals surface area (Å²) in [7, 11) is -3.56. The number of carbonyl (C=O) groups excluding carboxylic acids is 1. The molecule has 0 aliphatic rings. The van der Waals surface area contributed by atoms with Crippen LogP contribution in [0.15, 0.2) is 35.4 Å². The predicted molar refractivity (Wildman–Crippen MR) is 123 cm³/mol. The standard InChI is InChI=1S/C21H28N5O6P/c1-3-17(27)13-32-33(29,31-12-16-6-4-15(2)5-7-16)11-10-30-9-8-26-14-23-18-19(26)24-21(22)25-20(18)28/h4-7,14H,3,8-13H2,1-2H3,(H3,22,24,25,28). The fourth-order valence-corrected chi connectivity index (χ4v) is 4.24. The zero-order valence-electron chi connectivity index (χ0n) is 18.7. The van der Waals surface area contributed by atoms with Crippen molar-refractivity contribution in [1.29, 1.82) is 0 Å². The Labute approximate surface area is 190 Å². The number of hydrogen-bond acceptors (Lipinski definition) is 9. The normalized spacial score (nSPS) is 13.3. The Bertz CT molecular complexity index is 1190. The number of ether oxygens (including phenoxy) is 1. The van der Waals surface area contributed by atoms with Crippen molar-refractivity contribution in [2.45, 2.75) is 33.4 Å². The maximum atomic E-state index is 13.2. The van der Waals surface area contributed by atoms with Crippen LogP contribution in [-0.4, -0.2) is 51.3 Å². The number of nitrogen functional groups attached to an aromatic ring is 1. The van der Waals surface area contributed by atoms with Gasteiger partial charge < -0.3 is 24.1 Å². The summed E-state index contributed by atoms with van der Waals surface area (Å²) in [6, 6.07) is 7.64. The molecule has 3 aromatic rings. The van der Waals surface area contributed by atoms with Crippen LogP contribution in [0.1, 0.15) is 24.5 Å². The van der Waals surface area contributed by atoms with Gasteiger partial charge >= 0.3 is 7.60 Å². The van der Waals surface area contributed by atoms with Gasteiger partial charge in [-0.25, -0.2) is 4.98 Å². The minimum Gasteiger partial charge on any atom is -0.379 e. The average Bonchev–Trinajstić information content (AvgIpc) is 3.20. The zero-order chi connectivity index (χ0) is 23.8. The smallest absolute Gasteiger partial charge is 0.333 e. The number of rotatable bonds is 13. The van der Waals surface area contributed by atoms with Gasteiger partial charge in [-0.2, -0.15) is 4.98 Å². The number of fused-ring (bicyclic) bond motifs is 1. The van der Waals surface area contributed by atoms with Crippen molar-refractivity contribution in [3.05, 3.63) is 52.1 Å². The van der Waals surface area contributed by atoms with Gasteiger partial charge in [0.1, 0.15) is 6.61 Å². The maximum absolute atomic E-state index is 13.2. The van der Waals surface area contributed by atoms with Crippen LogP contribution in [0.3, 0.4) is 0 Å². The Morgan fingerprint density at radius 2 is 1.97 bits per heavy atom. The summed E-state index contributed by atoms with van der Waals surface area (Å²) in [5.74, 6) is -0.163. The molecule has 1 unspecified atom stereocenters. The van der Waals surface area contributed by atoms with E-state index < -0.39 is 13.2 Å². The Morgan fingerprint density at radius 3 is 2.70 bits per heavy atom. The fraction of sp³-hybridized carbons (Fsp3) is 0.429. The first kappa shape index (κ1) is 24.8. The van der Waals surface area contributed by atoms with Crippen LogP contribution in [0.4, 0.5) is 5.95 Å². The topological polar surface area (TPSA) is 151 Å². The molecule has 0 radical (unpaired) electrons. The summed E-state index contributed by atoms with van der Waals surface area (Å²) in [6.45, 7) is 4.20. The lowest BCUT2D eigenvalue weighted by Crippen LogP contribution is -2.14. The highest BCUT2D eigenvalue weighted by Crippen LogP contribution is 2.48. The summed E-state index contributed by atoms with van der Waals surface area (Å²) in [5.41, 5.74) is 7.67. The molecule has 33 heavy (non-hydrogen) atoms. The lowest BCUT2D eigenvalue weighted by atomic mass is 10.2. The molecule has 0 bridgehead atoms. The molecule has 0 saturated heterocycles. The van der Waals surface area contributed by atoms with Crippen molar-refractivity contribution < 1.29 is 23.1 Å². The second-order valence-corrected chi connectivity index (χ2v) is 9.62. The fourth-order valence-electron chi connectivity index (χ4n) is 2.87. The Kier molecular flexibility index (Phi) is 8.51. The number of benzene rings is 1. The molecule has 0 fully saturated rings. The van der Waals surface area contributed by atoms with Crippen molar-refractivity contribution in [1.82, 2.24) is 19.5 Å². The van der Waals surface area contributed by atoms with Crippen LogP contribution >= 0.6 is 7.60 Å². The second-order valence-electron chi connectivity index (χ2n) is 7.43. The van der Waals surface area contributed by atoms with E-state index in [0.717, 1.165) is 11.1 Å². The lowest BCUT2D eigenvalue weighted by Gasteiger charge is -2.18. The van der Waals surface area contributed by atoms with Crippen LogP contribution in [0.5, 0.6) is 0 Å². The molecule has 1 atom stereocenters. The molecule has 3 rings (SSSR count). The van der Waals surface area contributed by atoms with E-state index in [1.807, 2.05) is 31.2 Å². The van der Waals surface area contributed by atoms with Gasteiger partial charge in [-0.05, 0) is 12.5 Å². The number of imidazole rings is 1. The van der Waals surface area contributed by atoms with E-state index in [4.69, 9.17) is 19.5 Å². The number of aromatic nitrogens is 4. The van der Waals surface area contributed by atoms with E-state index in [1.54, 1.807) is 11.5 Å². The number of Topliss-reactive ketones (excluding diaryl/α,β-unsaturated/α-hetero) is 1. The van der Waals surface area contributed by atoms with E-state index in [-0.39, 0.29) is 56.3 Å². The molecule has 0 saturated carbocycles. The van der Waals surface area contributed by atoms with E-state index >= 15 is 0 Å². The van der Waals surface area contributed by atoms with Crippen LogP contribution in [0, 0.1) is 6.92 Å². The third-order valence-corrected chi connectivity index (χ3v) is 6.62. The Morgan fingerprint density at radius 1 is 1.21 bits per heavy atom. The molecule has 2 heterocycles. The van der Waals surface area contributed by atoms with Crippen LogP contribution < -0.4 is 11.3 Å². The zero-order valence-corrected chi connectivity index (χ0v) is 19.5. The molecule has 3 N–H and O–H groups in total. The number of carbonyl (C=O) groups is 1. The van der Waals surface area contributed by atoms with Crippen molar-refractivity contribution in [2.75, 3.05) is 31.7 Å². The highest BCUT2D eigenvalue weighted by atomic mass is 31.2. The molecule has 0 amide bonds. The first-order chi connectivity index (χ1) is 15.8. The van der Waals surface area contributed by atoms with Crippen molar-refractivity contribution in [3.63, 3.8) is 0 Å². The SMILES string of the molecule is CCC(=O)COP(=O)(CCOCCn1cnc2c(=O)[nH]c(N)nc21)OCc1ccc(C)cc1. The number of nitrogens with one attached hydrogen (secondary N) is 1. The van der Waals surface area contributed by atoms with E-state index in [0.29, 0.717) is 12.2 Å². The van der Waals surface area contributed by atoms with Gasteiger partial charge in [-0.15, -0.1) is 0 Å². The van der Waals surface area contributed by atoms with E-state index in [2.05, 4.69) is 15.0 Å². The summed E-state index contributed by atoms with van der Waals surface area (Å²) >= 11 is 0. The summed E-state index contributed by atoms with van der Waals surface area (Å²) < 4.78 is 31.4.